The van der Waals surface area contributed by atoms with Crippen LogP contribution >= 0.6 is 0 Å². The highest BCUT2D eigenvalue weighted by Crippen LogP contribution is 2.46. The minimum absolute atomic E-state index is 0.133. The van der Waals surface area contributed by atoms with Crippen molar-refractivity contribution in [1.29, 1.82) is 5.26 Å². The number of nitrogens with zero attached hydrogens (tertiary/aromatic N) is 3. The van der Waals surface area contributed by atoms with E-state index in [4.69, 9.17) is 10.00 Å². The van der Waals surface area contributed by atoms with Gasteiger partial charge in [-0.1, -0.05) is 6.42 Å². The van der Waals surface area contributed by atoms with Crippen LogP contribution in [0, 0.1) is 28.6 Å². The average Bonchev–Trinajstić information content (AvgIpc) is 3.04. The highest BCUT2D eigenvalue weighted by atomic mass is 19.4. The van der Waals surface area contributed by atoms with Crippen LogP contribution in [0.3, 0.4) is 0 Å². The van der Waals surface area contributed by atoms with Crippen LogP contribution < -0.4 is 4.90 Å². The molecule has 0 aromatic heterocycles. The first-order valence-electron chi connectivity index (χ1n) is 10.4. The minimum Gasteiger partial charge on any atom is -0.384 e. The molecule has 30 heavy (non-hydrogen) atoms. The van der Waals surface area contributed by atoms with E-state index in [0.29, 0.717) is 38.5 Å². The molecule has 1 aromatic rings. The van der Waals surface area contributed by atoms with E-state index in [2.05, 4.69) is 0 Å². The Balaban J connectivity index is 1.56. The van der Waals surface area contributed by atoms with Crippen molar-refractivity contribution in [2.45, 2.75) is 31.9 Å². The van der Waals surface area contributed by atoms with E-state index >= 15 is 0 Å². The third-order valence-corrected chi connectivity index (χ3v) is 7.12. The normalized spacial score (nSPS) is 26.8. The van der Waals surface area contributed by atoms with Crippen molar-refractivity contribution in [3.8, 4) is 6.07 Å². The van der Waals surface area contributed by atoms with Crippen LogP contribution in [0.15, 0.2) is 18.2 Å². The molecule has 8 heteroatoms. The van der Waals surface area contributed by atoms with Crippen molar-refractivity contribution in [2.24, 2.45) is 17.3 Å². The second-order valence-corrected chi connectivity index (χ2v) is 8.87. The van der Waals surface area contributed by atoms with Crippen molar-refractivity contribution in [2.75, 3.05) is 44.8 Å². The van der Waals surface area contributed by atoms with Gasteiger partial charge in [-0.3, -0.25) is 4.79 Å². The molecule has 0 N–H and O–H groups in total. The molecule has 5 nitrogen and oxygen atoms in total. The molecule has 1 amide bonds. The quantitative estimate of drug-likeness (QED) is 0.744. The molecule has 2 atom stereocenters. The Bertz CT molecular complexity index is 862. The van der Waals surface area contributed by atoms with Gasteiger partial charge < -0.3 is 14.5 Å². The summed E-state index contributed by atoms with van der Waals surface area (Å²) in [5, 5.41) is 9.04. The number of anilines is 1. The lowest BCUT2D eigenvalue weighted by atomic mass is 9.73. The molecule has 2 saturated heterocycles. The number of carbonyl (C=O) groups excluding carboxylic acids is 1. The molecule has 0 bridgehead atoms. The van der Waals surface area contributed by atoms with Gasteiger partial charge in [-0.2, -0.15) is 18.4 Å². The molecule has 3 aliphatic rings. The summed E-state index contributed by atoms with van der Waals surface area (Å²) < 4.78 is 45.7. The van der Waals surface area contributed by atoms with Crippen molar-refractivity contribution in [3.05, 3.63) is 29.3 Å². The van der Waals surface area contributed by atoms with Crippen LogP contribution in [0.25, 0.3) is 0 Å². The van der Waals surface area contributed by atoms with E-state index in [1.807, 2.05) is 9.80 Å². The zero-order valence-corrected chi connectivity index (χ0v) is 17.0. The molecule has 2 heterocycles. The van der Waals surface area contributed by atoms with E-state index < -0.39 is 11.7 Å². The van der Waals surface area contributed by atoms with E-state index in [0.717, 1.165) is 31.7 Å². The fourth-order valence-electron chi connectivity index (χ4n) is 5.18. The lowest BCUT2D eigenvalue weighted by Crippen LogP contribution is -2.49. The number of alkyl halides is 3. The molecule has 0 radical (unpaired) electrons. The zero-order chi connectivity index (χ0) is 21.5. The number of likely N-dealkylation sites (tertiary alicyclic amines) is 1. The molecular formula is C22H26F3N3O2. The monoisotopic (exact) mass is 421 g/mol. The number of methoxy groups -OCH3 is 1. The largest absolute Gasteiger partial charge is 0.417 e. The van der Waals surface area contributed by atoms with Gasteiger partial charge in [0.1, 0.15) is 0 Å². The maximum atomic E-state index is 13.4. The van der Waals surface area contributed by atoms with Crippen LogP contribution in [0.5, 0.6) is 0 Å². The number of ether oxygens (including phenoxy) is 1. The summed E-state index contributed by atoms with van der Waals surface area (Å²) in [4.78, 5) is 16.7. The number of fused-ring (bicyclic) bond motifs is 1. The van der Waals surface area contributed by atoms with Gasteiger partial charge in [0.05, 0.1) is 23.8 Å². The zero-order valence-electron chi connectivity index (χ0n) is 17.0. The van der Waals surface area contributed by atoms with Crippen LogP contribution in [-0.2, 0) is 15.7 Å². The van der Waals surface area contributed by atoms with Crippen molar-refractivity contribution < 1.29 is 22.7 Å². The number of nitriles is 1. The highest BCUT2D eigenvalue weighted by Gasteiger charge is 2.51. The molecule has 1 saturated carbocycles. The number of piperidine rings is 1. The standard InChI is InChI=1S/C22H26F3N3O2/c1-30-14-21-7-8-27(18-6-5-16(10-26)19(9-18)22(23,24)25)11-17(21)12-28(13-21)20(29)15-3-2-4-15/h5-6,9,15,17H,2-4,7-8,11-14H2,1H3/t17-,21+/m1/s1. The number of carbonyl (C=O) groups is 1. The van der Waals surface area contributed by atoms with E-state index in [1.54, 1.807) is 19.2 Å². The maximum absolute atomic E-state index is 13.4. The first-order chi connectivity index (χ1) is 14.3. The third kappa shape index (κ3) is 3.64. The summed E-state index contributed by atoms with van der Waals surface area (Å²) in [7, 11) is 1.66. The summed E-state index contributed by atoms with van der Waals surface area (Å²) in [5.41, 5.74) is -0.944. The number of hydrogen-bond acceptors (Lipinski definition) is 4. The molecule has 3 fully saturated rings. The van der Waals surface area contributed by atoms with Crippen LogP contribution in [0.2, 0.25) is 0 Å². The van der Waals surface area contributed by atoms with Gasteiger partial charge in [0.15, 0.2) is 0 Å². The predicted molar refractivity (Wildman–Crippen MR) is 105 cm³/mol. The maximum Gasteiger partial charge on any atom is 0.417 e. The van der Waals surface area contributed by atoms with Crippen LogP contribution in [-0.4, -0.2) is 50.7 Å². The van der Waals surface area contributed by atoms with Gasteiger partial charge in [-0.15, -0.1) is 0 Å². The van der Waals surface area contributed by atoms with Crippen molar-refractivity contribution in [1.82, 2.24) is 4.90 Å². The molecule has 4 rings (SSSR count). The van der Waals surface area contributed by atoms with Gasteiger partial charge in [-0.05, 0) is 37.5 Å². The SMILES string of the molecule is COC[C@@]12CCN(c3ccc(C#N)c(C(F)(F)F)c3)C[C@@H]1CN(C(=O)C1CCC1)C2. The number of halogens is 3. The number of hydrogen-bond donors (Lipinski definition) is 0. The van der Waals surface area contributed by atoms with Crippen LogP contribution in [0.4, 0.5) is 18.9 Å². The Labute approximate surface area is 174 Å². The van der Waals surface area contributed by atoms with Crippen molar-refractivity contribution >= 4 is 11.6 Å². The molecule has 1 aromatic carbocycles. The highest BCUT2D eigenvalue weighted by molar-refractivity contribution is 5.80. The average molecular weight is 421 g/mol. The van der Waals surface area contributed by atoms with Gasteiger partial charge in [0, 0.05) is 56.2 Å². The molecule has 0 spiro atoms. The second-order valence-electron chi connectivity index (χ2n) is 8.87. The minimum atomic E-state index is -4.57. The second kappa shape index (κ2) is 7.77. The molecule has 1 aliphatic carbocycles. The first kappa shape index (κ1) is 21.0. The third-order valence-electron chi connectivity index (χ3n) is 7.12. The Morgan fingerprint density at radius 2 is 2.10 bits per heavy atom. The Morgan fingerprint density at radius 3 is 2.70 bits per heavy atom. The topological polar surface area (TPSA) is 56.6 Å². The predicted octanol–water partition coefficient (Wildman–Crippen LogP) is 3.68. The fraction of sp³-hybridized carbons (Fsp3) is 0.636. The Morgan fingerprint density at radius 1 is 1.33 bits per heavy atom. The molecule has 162 valence electrons. The summed E-state index contributed by atoms with van der Waals surface area (Å²) in [6.45, 7) is 2.99. The van der Waals surface area contributed by atoms with Crippen LogP contribution in [0.1, 0.15) is 36.8 Å². The first-order valence-corrected chi connectivity index (χ1v) is 10.4. The summed E-state index contributed by atoms with van der Waals surface area (Å²) >= 11 is 0. The Hall–Kier alpha value is -2.27. The van der Waals surface area contributed by atoms with Gasteiger partial charge in [-0.25, -0.2) is 0 Å². The van der Waals surface area contributed by atoms with Gasteiger partial charge in [0.2, 0.25) is 5.91 Å². The van der Waals surface area contributed by atoms with E-state index in [1.165, 1.54) is 6.07 Å². The van der Waals surface area contributed by atoms with E-state index in [9.17, 15) is 18.0 Å². The fourth-order valence-corrected chi connectivity index (χ4v) is 5.18. The molecular weight excluding hydrogens is 395 g/mol. The number of amides is 1. The number of benzene rings is 1. The van der Waals surface area contributed by atoms with Gasteiger partial charge in [0.25, 0.3) is 0 Å². The molecule has 0 unspecified atom stereocenters. The lowest BCUT2D eigenvalue weighted by molar-refractivity contribution is -0.138. The summed E-state index contributed by atoms with van der Waals surface area (Å²) in [6, 6.07) is 5.54. The van der Waals surface area contributed by atoms with E-state index in [-0.39, 0.29) is 28.7 Å². The molecule has 2 aliphatic heterocycles. The Kier molecular flexibility index (Phi) is 5.43. The van der Waals surface area contributed by atoms with Gasteiger partial charge >= 0.3 is 6.18 Å². The summed E-state index contributed by atoms with van der Waals surface area (Å²) in [5.74, 6) is 0.490. The lowest BCUT2D eigenvalue weighted by Gasteiger charge is -2.44. The number of rotatable bonds is 4. The summed E-state index contributed by atoms with van der Waals surface area (Å²) in [6.07, 6.45) is -0.814. The smallest absolute Gasteiger partial charge is 0.384 e. The van der Waals surface area contributed by atoms with Crippen molar-refractivity contribution in [3.63, 3.8) is 0 Å².